The molecule has 0 saturated carbocycles. The van der Waals surface area contributed by atoms with Crippen LogP contribution in [0.25, 0.3) is 0 Å². The van der Waals surface area contributed by atoms with E-state index in [1.165, 1.54) is 10.1 Å². The topological polar surface area (TPSA) is 54.3 Å². The van der Waals surface area contributed by atoms with Crippen molar-refractivity contribution in [2.45, 2.75) is 26.2 Å². The molecule has 1 N–H and O–H groups in total. The normalized spacial score (nSPS) is 17.4. The van der Waals surface area contributed by atoms with Gasteiger partial charge in [0.1, 0.15) is 5.69 Å². The van der Waals surface area contributed by atoms with E-state index in [4.69, 9.17) is 0 Å². The fourth-order valence-corrected chi connectivity index (χ4v) is 3.42. The van der Waals surface area contributed by atoms with Gasteiger partial charge in [-0.2, -0.15) is 0 Å². The summed E-state index contributed by atoms with van der Waals surface area (Å²) in [6.45, 7) is 3.31. The Morgan fingerprint density at radius 1 is 1.24 bits per heavy atom. The smallest absolute Gasteiger partial charge is 0.322 e. The molecule has 0 spiro atoms. The van der Waals surface area contributed by atoms with Crippen molar-refractivity contribution in [2.75, 3.05) is 18.4 Å². The lowest BCUT2D eigenvalue weighted by Crippen LogP contribution is -2.43. The highest BCUT2D eigenvalue weighted by Gasteiger charge is 2.24. The van der Waals surface area contributed by atoms with Crippen molar-refractivity contribution in [2.24, 2.45) is 13.0 Å². The zero-order valence-electron chi connectivity index (χ0n) is 14.9. The van der Waals surface area contributed by atoms with E-state index >= 15 is 0 Å². The molecule has 1 saturated heterocycles. The van der Waals surface area contributed by atoms with Gasteiger partial charge in [-0.05, 0) is 49.3 Å². The quantitative estimate of drug-likeness (QED) is 0.934. The Morgan fingerprint density at radius 2 is 2.00 bits per heavy atom. The molecule has 3 rings (SSSR count). The number of hydrogen-bond donors (Lipinski definition) is 1. The minimum atomic E-state index is -0.177. The Hall–Kier alpha value is -2.56. The first-order valence-corrected chi connectivity index (χ1v) is 8.80. The van der Waals surface area contributed by atoms with E-state index in [2.05, 4.69) is 29.6 Å². The van der Waals surface area contributed by atoms with Crippen molar-refractivity contribution in [3.8, 4) is 0 Å². The predicted molar refractivity (Wildman–Crippen MR) is 99.9 cm³/mol. The third-order valence-electron chi connectivity index (χ3n) is 4.88. The Balaban J connectivity index is 1.66. The minimum absolute atomic E-state index is 0.175. The standard InChI is InChI=1S/C20H25N3O2/c1-15-10-12-22(2)19(24)18(15)21-20(25)23-11-6-9-17(14-23)13-16-7-4-3-5-8-16/h3-5,7-8,10,12,17H,6,9,11,13-14H2,1-2H3,(H,21,25). The molecule has 1 atom stereocenters. The molecule has 0 radical (unpaired) electrons. The molecule has 132 valence electrons. The molecule has 1 aromatic carbocycles. The van der Waals surface area contributed by atoms with E-state index in [0.717, 1.165) is 37.9 Å². The van der Waals surface area contributed by atoms with Gasteiger partial charge in [0.15, 0.2) is 0 Å². The number of carbonyl (C=O) groups is 1. The third-order valence-corrected chi connectivity index (χ3v) is 4.88. The second-order valence-corrected chi connectivity index (χ2v) is 6.86. The molecule has 2 heterocycles. The lowest BCUT2D eigenvalue weighted by Gasteiger charge is -2.33. The lowest BCUT2D eigenvalue weighted by molar-refractivity contribution is 0.177. The van der Waals surface area contributed by atoms with Crippen LogP contribution in [0.5, 0.6) is 0 Å². The van der Waals surface area contributed by atoms with Gasteiger partial charge in [-0.1, -0.05) is 30.3 Å². The number of piperidine rings is 1. The first-order chi connectivity index (χ1) is 12.0. The lowest BCUT2D eigenvalue weighted by atomic mass is 9.91. The second kappa shape index (κ2) is 7.55. The van der Waals surface area contributed by atoms with Crippen LogP contribution in [0.4, 0.5) is 10.5 Å². The van der Waals surface area contributed by atoms with Gasteiger partial charge in [0.25, 0.3) is 5.56 Å². The maximum atomic E-state index is 12.6. The molecule has 1 aliphatic rings. The predicted octanol–water partition coefficient (Wildman–Crippen LogP) is 3.18. The summed E-state index contributed by atoms with van der Waals surface area (Å²) in [5.41, 5.74) is 2.29. The molecule has 1 aromatic heterocycles. The van der Waals surface area contributed by atoms with Crippen LogP contribution in [0.2, 0.25) is 0 Å². The number of nitrogens with one attached hydrogen (secondary N) is 1. The molecule has 25 heavy (non-hydrogen) atoms. The van der Waals surface area contributed by atoms with Gasteiger partial charge in [-0.3, -0.25) is 4.79 Å². The molecule has 0 aliphatic carbocycles. The summed E-state index contributed by atoms with van der Waals surface area (Å²) in [6, 6.07) is 12.1. The van der Waals surface area contributed by atoms with Crippen LogP contribution < -0.4 is 10.9 Å². The van der Waals surface area contributed by atoms with E-state index in [1.54, 1.807) is 13.2 Å². The molecule has 5 nitrogen and oxygen atoms in total. The van der Waals surface area contributed by atoms with E-state index in [-0.39, 0.29) is 11.6 Å². The molecular formula is C20H25N3O2. The number of amides is 2. The van der Waals surface area contributed by atoms with Gasteiger partial charge < -0.3 is 14.8 Å². The number of aromatic nitrogens is 1. The zero-order chi connectivity index (χ0) is 17.8. The van der Waals surface area contributed by atoms with Crippen LogP contribution in [0, 0.1) is 12.8 Å². The van der Waals surface area contributed by atoms with Gasteiger partial charge in [0, 0.05) is 26.3 Å². The van der Waals surface area contributed by atoms with Crippen LogP contribution in [0.15, 0.2) is 47.4 Å². The molecule has 1 aliphatic heterocycles. The van der Waals surface area contributed by atoms with Gasteiger partial charge in [-0.15, -0.1) is 0 Å². The molecule has 1 fully saturated rings. The average Bonchev–Trinajstić information content (AvgIpc) is 2.63. The van der Waals surface area contributed by atoms with E-state index < -0.39 is 0 Å². The van der Waals surface area contributed by atoms with Crippen molar-refractivity contribution in [1.29, 1.82) is 0 Å². The number of hydrogen-bond acceptors (Lipinski definition) is 2. The maximum absolute atomic E-state index is 12.6. The highest BCUT2D eigenvalue weighted by atomic mass is 16.2. The van der Waals surface area contributed by atoms with Crippen LogP contribution in [-0.4, -0.2) is 28.6 Å². The minimum Gasteiger partial charge on any atom is -0.324 e. The Morgan fingerprint density at radius 3 is 2.76 bits per heavy atom. The molecule has 1 unspecified atom stereocenters. The first kappa shape index (κ1) is 17.3. The van der Waals surface area contributed by atoms with Gasteiger partial charge in [0.05, 0.1) is 0 Å². The highest BCUT2D eigenvalue weighted by Crippen LogP contribution is 2.21. The van der Waals surface area contributed by atoms with Gasteiger partial charge in [0.2, 0.25) is 0 Å². The number of pyridine rings is 1. The second-order valence-electron chi connectivity index (χ2n) is 6.86. The number of benzene rings is 1. The van der Waals surface area contributed by atoms with Crippen LogP contribution in [-0.2, 0) is 13.5 Å². The maximum Gasteiger partial charge on any atom is 0.322 e. The number of carbonyl (C=O) groups excluding carboxylic acids is 1. The molecule has 2 aromatic rings. The Labute approximate surface area is 148 Å². The molecule has 5 heteroatoms. The van der Waals surface area contributed by atoms with E-state index in [9.17, 15) is 9.59 Å². The van der Waals surface area contributed by atoms with Gasteiger partial charge in [-0.25, -0.2) is 4.79 Å². The summed E-state index contributed by atoms with van der Waals surface area (Å²) in [4.78, 5) is 26.7. The average molecular weight is 339 g/mol. The summed E-state index contributed by atoms with van der Waals surface area (Å²) >= 11 is 0. The molecule has 0 bridgehead atoms. The number of likely N-dealkylation sites (tertiary alicyclic amines) is 1. The van der Waals surface area contributed by atoms with Gasteiger partial charge >= 0.3 is 6.03 Å². The fourth-order valence-electron chi connectivity index (χ4n) is 3.42. The number of anilines is 1. The van der Waals surface area contributed by atoms with Crippen molar-refractivity contribution in [3.63, 3.8) is 0 Å². The summed E-state index contributed by atoms with van der Waals surface area (Å²) in [6.07, 6.45) is 4.82. The summed E-state index contributed by atoms with van der Waals surface area (Å²) < 4.78 is 1.48. The molecule has 2 amide bonds. The fraction of sp³-hybridized carbons (Fsp3) is 0.400. The zero-order valence-corrected chi connectivity index (χ0v) is 14.9. The Kier molecular flexibility index (Phi) is 5.22. The van der Waals surface area contributed by atoms with Crippen molar-refractivity contribution in [1.82, 2.24) is 9.47 Å². The van der Waals surface area contributed by atoms with Crippen LogP contribution >= 0.6 is 0 Å². The molecular weight excluding hydrogens is 314 g/mol. The summed E-state index contributed by atoms with van der Waals surface area (Å²) in [7, 11) is 1.69. The largest absolute Gasteiger partial charge is 0.324 e. The third kappa shape index (κ3) is 4.10. The van der Waals surface area contributed by atoms with Crippen molar-refractivity contribution >= 4 is 11.7 Å². The first-order valence-electron chi connectivity index (χ1n) is 8.80. The van der Waals surface area contributed by atoms with E-state index in [0.29, 0.717) is 11.6 Å². The van der Waals surface area contributed by atoms with Crippen LogP contribution in [0.1, 0.15) is 24.0 Å². The van der Waals surface area contributed by atoms with Crippen molar-refractivity contribution < 1.29 is 4.79 Å². The van der Waals surface area contributed by atoms with Crippen LogP contribution in [0.3, 0.4) is 0 Å². The SMILES string of the molecule is Cc1ccn(C)c(=O)c1NC(=O)N1CCCC(Cc2ccccc2)C1. The summed E-state index contributed by atoms with van der Waals surface area (Å²) in [5, 5.41) is 2.83. The number of urea groups is 1. The number of nitrogens with zero attached hydrogens (tertiary/aromatic N) is 2. The summed E-state index contributed by atoms with van der Waals surface area (Å²) in [5.74, 6) is 0.460. The van der Waals surface area contributed by atoms with Crippen molar-refractivity contribution in [3.05, 3.63) is 64.1 Å². The number of aryl methyl sites for hydroxylation is 2. The van der Waals surface area contributed by atoms with E-state index in [1.807, 2.05) is 24.0 Å². The number of rotatable bonds is 3. The monoisotopic (exact) mass is 339 g/mol. The Bertz CT molecular complexity index is 798. The highest BCUT2D eigenvalue weighted by molar-refractivity contribution is 5.90.